The van der Waals surface area contributed by atoms with E-state index in [1.54, 1.807) is 31.4 Å². The molecule has 2 atom stereocenters. The fourth-order valence-electron chi connectivity index (χ4n) is 5.14. The van der Waals surface area contributed by atoms with E-state index in [1.165, 1.54) is 20.3 Å². The molecule has 3 aromatic carbocycles. The molecule has 3 aromatic rings. The van der Waals surface area contributed by atoms with Gasteiger partial charge in [-0.05, 0) is 47.7 Å². The number of ether oxygens (including phenoxy) is 4. The third kappa shape index (κ3) is 3.25. The maximum absolute atomic E-state index is 11.5. The maximum Gasteiger partial charge on any atom is 0.200 e. The Balaban J connectivity index is 1.66. The Labute approximate surface area is 196 Å². The third-order valence-electron chi connectivity index (χ3n) is 6.75. The van der Waals surface area contributed by atoms with Gasteiger partial charge in [0.05, 0.1) is 34.0 Å². The van der Waals surface area contributed by atoms with E-state index in [4.69, 9.17) is 18.9 Å². The fraction of sp³-hybridized carbons (Fsp3) is 0.308. The minimum atomic E-state index is -0.946. The first kappa shape index (κ1) is 22.0. The molecule has 0 saturated heterocycles. The van der Waals surface area contributed by atoms with Crippen LogP contribution in [0, 0.1) is 0 Å². The molecule has 8 nitrogen and oxygen atoms in total. The smallest absolute Gasteiger partial charge is 0.200 e. The van der Waals surface area contributed by atoms with Gasteiger partial charge >= 0.3 is 0 Å². The highest BCUT2D eigenvalue weighted by molar-refractivity contribution is 5.83. The van der Waals surface area contributed by atoms with Crippen LogP contribution in [0.3, 0.4) is 0 Å². The number of phenols is 3. The van der Waals surface area contributed by atoms with Crippen molar-refractivity contribution in [2.45, 2.75) is 24.9 Å². The summed E-state index contributed by atoms with van der Waals surface area (Å²) in [6.07, 6.45) is 0.216. The molecule has 1 aliphatic carbocycles. The lowest BCUT2D eigenvalue weighted by molar-refractivity contribution is 0.0875. The van der Waals surface area contributed by atoms with Crippen LogP contribution in [0.25, 0.3) is 11.1 Å². The van der Waals surface area contributed by atoms with Crippen molar-refractivity contribution in [2.75, 3.05) is 27.9 Å². The standard InChI is InChI=1S/C26H26O8/c1-31-19-9-13(27)8-16-14(19)4-5-15-23(16)18(28)10-20-24(15)25(29)17(11-34-20)12-6-21(32-2)26(30)22(7-12)33-3/h6-10,17,25,27-30H,4-5,11H2,1-3H3/t17-,25-/m0/s1. The van der Waals surface area contributed by atoms with Gasteiger partial charge in [0.1, 0.15) is 23.0 Å². The number of fused-ring (bicyclic) bond motifs is 5. The molecule has 5 rings (SSSR count). The number of phenolic OH excluding ortho intramolecular Hbond substituents is 3. The summed E-state index contributed by atoms with van der Waals surface area (Å²) in [6.45, 7) is 0.161. The van der Waals surface area contributed by atoms with E-state index >= 15 is 0 Å². The lowest BCUT2D eigenvalue weighted by atomic mass is 9.77. The second-order valence-electron chi connectivity index (χ2n) is 8.47. The monoisotopic (exact) mass is 466 g/mol. The summed E-state index contributed by atoms with van der Waals surface area (Å²) in [5.74, 6) is 0.898. The molecule has 8 heteroatoms. The van der Waals surface area contributed by atoms with Gasteiger partial charge in [-0.1, -0.05) is 0 Å². The van der Waals surface area contributed by atoms with E-state index in [0.717, 1.165) is 11.1 Å². The Kier molecular flexibility index (Phi) is 5.32. The SMILES string of the molecule is COc1cc([C@@H]2COc3cc(O)c4c(c3[C@H]2O)CCc2c(OC)cc(O)cc2-4)cc(OC)c1O. The third-order valence-corrected chi connectivity index (χ3v) is 6.75. The molecule has 0 fully saturated rings. The molecule has 4 N–H and O–H groups in total. The molecule has 1 aliphatic heterocycles. The average Bonchev–Trinajstić information content (AvgIpc) is 2.83. The van der Waals surface area contributed by atoms with Crippen LogP contribution in [0.5, 0.6) is 40.2 Å². The largest absolute Gasteiger partial charge is 0.508 e. The molecule has 0 saturated carbocycles. The summed E-state index contributed by atoms with van der Waals surface area (Å²) in [4.78, 5) is 0. The molecule has 0 spiro atoms. The van der Waals surface area contributed by atoms with Crippen molar-refractivity contribution in [1.82, 2.24) is 0 Å². The van der Waals surface area contributed by atoms with Crippen molar-refractivity contribution < 1.29 is 39.4 Å². The molecule has 0 bridgehead atoms. The molecule has 34 heavy (non-hydrogen) atoms. The predicted octanol–water partition coefficient (Wildman–Crippen LogP) is 3.80. The van der Waals surface area contributed by atoms with Gasteiger partial charge in [0.25, 0.3) is 0 Å². The minimum absolute atomic E-state index is 0.0148. The minimum Gasteiger partial charge on any atom is -0.508 e. The Morgan fingerprint density at radius 3 is 2.12 bits per heavy atom. The lowest BCUT2D eigenvalue weighted by Gasteiger charge is -2.35. The Morgan fingerprint density at radius 2 is 1.47 bits per heavy atom. The van der Waals surface area contributed by atoms with Crippen LogP contribution in [-0.2, 0) is 12.8 Å². The summed E-state index contributed by atoms with van der Waals surface area (Å²) >= 11 is 0. The van der Waals surface area contributed by atoms with E-state index in [0.29, 0.717) is 46.6 Å². The Hall–Kier alpha value is -3.78. The summed E-state index contributed by atoms with van der Waals surface area (Å²) in [5, 5.41) is 43.0. The Bertz CT molecular complexity index is 1260. The van der Waals surface area contributed by atoms with Crippen molar-refractivity contribution in [3.8, 4) is 51.4 Å². The van der Waals surface area contributed by atoms with Gasteiger partial charge in [-0.3, -0.25) is 0 Å². The normalized spacial score (nSPS) is 18.2. The van der Waals surface area contributed by atoms with Crippen LogP contribution in [0.2, 0.25) is 0 Å². The van der Waals surface area contributed by atoms with Crippen molar-refractivity contribution in [2.24, 2.45) is 0 Å². The quantitative estimate of drug-likeness (QED) is 0.459. The second-order valence-corrected chi connectivity index (χ2v) is 8.47. The van der Waals surface area contributed by atoms with Gasteiger partial charge in [0, 0.05) is 34.7 Å². The first-order valence-electron chi connectivity index (χ1n) is 10.9. The number of aliphatic hydroxyl groups is 1. The highest BCUT2D eigenvalue weighted by Crippen LogP contribution is 2.53. The molecule has 0 unspecified atom stereocenters. The molecule has 0 aromatic heterocycles. The van der Waals surface area contributed by atoms with Gasteiger partial charge in [-0.15, -0.1) is 0 Å². The van der Waals surface area contributed by atoms with E-state index in [9.17, 15) is 20.4 Å². The maximum atomic E-state index is 11.5. The number of aliphatic hydroxyl groups excluding tert-OH is 1. The summed E-state index contributed by atoms with van der Waals surface area (Å²) < 4.78 is 22.0. The van der Waals surface area contributed by atoms with Crippen LogP contribution < -0.4 is 18.9 Å². The molecular formula is C26H26O8. The highest BCUT2D eigenvalue weighted by atomic mass is 16.5. The predicted molar refractivity (Wildman–Crippen MR) is 124 cm³/mol. The lowest BCUT2D eigenvalue weighted by Crippen LogP contribution is -2.26. The average molecular weight is 466 g/mol. The number of methoxy groups -OCH3 is 3. The van der Waals surface area contributed by atoms with Crippen molar-refractivity contribution in [3.63, 3.8) is 0 Å². The molecule has 2 aliphatic rings. The van der Waals surface area contributed by atoms with E-state index in [-0.39, 0.29) is 35.4 Å². The highest BCUT2D eigenvalue weighted by Gasteiger charge is 2.37. The van der Waals surface area contributed by atoms with Crippen LogP contribution >= 0.6 is 0 Å². The summed E-state index contributed by atoms with van der Waals surface area (Å²) in [7, 11) is 4.43. The fourth-order valence-corrected chi connectivity index (χ4v) is 5.14. The molecular weight excluding hydrogens is 440 g/mol. The first-order valence-corrected chi connectivity index (χ1v) is 10.9. The van der Waals surface area contributed by atoms with E-state index in [1.807, 2.05) is 0 Å². The van der Waals surface area contributed by atoms with Crippen LogP contribution in [-0.4, -0.2) is 48.4 Å². The zero-order chi connectivity index (χ0) is 24.1. The zero-order valence-electron chi connectivity index (χ0n) is 19.1. The van der Waals surface area contributed by atoms with Crippen LogP contribution in [0.4, 0.5) is 0 Å². The van der Waals surface area contributed by atoms with Crippen molar-refractivity contribution >= 4 is 0 Å². The summed E-state index contributed by atoms with van der Waals surface area (Å²) in [6, 6.07) is 7.98. The van der Waals surface area contributed by atoms with Crippen molar-refractivity contribution in [1.29, 1.82) is 0 Å². The molecule has 178 valence electrons. The zero-order valence-corrected chi connectivity index (χ0v) is 19.1. The number of aromatic hydroxyl groups is 3. The van der Waals surface area contributed by atoms with E-state index < -0.39 is 12.0 Å². The topological polar surface area (TPSA) is 118 Å². The molecule has 1 heterocycles. The van der Waals surface area contributed by atoms with Gasteiger partial charge in [0.2, 0.25) is 5.75 Å². The number of hydrogen-bond acceptors (Lipinski definition) is 8. The number of benzene rings is 3. The van der Waals surface area contributed by atoms with E-state index in [2.05, 4.69) is 0 Å². The van der Waals surface area contributed by atoms with Crippen LogP contribution in [0.1, 0.15) is 34.3 Å². The van der Waals surface area contributed by atoms with Gasteiger partial charge in [0.15, 0.2) is 11.5 Å². The summed E-state index contributed by atoms with van der Waals surface area (Å²) in [5.41, 5.74) is 4.16. The molecule has 0 amide bonds. The number of rotatable bonds is 4. The second kappa shape index (κ2) is 8.22. The Morgan fingerprint density at radius 1 is 0.824 bits per heavy atom. The van der Waals surface area contributed by atoms with Crippen molar-refractivity contribution in [3.05, 3.63) is 52.6 Å². The number of hydrogen-bond donors (Lipinski definition) is 4. The van der Waals surface area contributed by atoms with Gasteiger partial charge in [-0.2, -0.15) is 0 Å². The van der Waals surface area contributed by atoms with Gasteiger partial charge in [-0.25, -0.2) is 0 Å². The van der Waals surface area contributed by atoms with Gasteiger partial charge < -0.3 is 39.4 Å². The molecule has 0 radical (unpaired) electrons. The first-order chi connectivity index (χ1) is 16.4. The van der Waals surface area contributed by atoms with Crippen LogP contribution in [0.15, 0.2) is 30.3 Å².